The number of piperidine rings is 1. The molecule has 0 aromatic heterocycles. The zero-order chi connectivity index (χ0) is 17.8. The maximum Gasteiger partial charge on any atom is 0.410 e. The molecule has 1 N–H and O–H groups in total. The Morgan fingerprint density at radius 3 is 2.54 bits per heavy atom. The summed E-state index contributed by atoms with van der Waals surface area (Å²) >= 11 is 0. The van der Waals surface area contributed by atoms with Gasteiger partial charge in [-0.2, -0.15) is 0 Å². The van der Waals surface area contributed by atoms with E-state index in [2.05, 4.69) is 11.8 Å². The van der Waals surface area contributed by atoms with Crippen molar-refractivity contribution in [1.29, 1.82) is 0 Å². The van der Waals surface area contributed by atoms with Crippen molar-refractivity contribution < 1.29 is 14.6 Å². The average molecular weight is 341 g/mol. The number of aliphatic hydroxyl groups is 1. The minimum atomic E-state index is -0.524. The van der Waals surface area contributed by atoms with Crippen molar-refractivity contribution in [2.45, 2.75) is 89.9 Å². The van der Waals surface area contributed by atoms with E-state index in [4.69, 9.17) is 4.74 Å². The fourth-order valence-corrected chi connectivity index (χ4v) is 3.99. The summed E-state index contributed by atoms with van der Waals surface area (Å²) in [5, 5.41) is 10.8. The molecule has 1 amide bonds. The molecule has 2 aliphatic rings. The smallest absolute Gasteiger partial charge is 0.410 e. The highest BCUT2D eigenvalue weighted by atomic mass is 16.6. The summed E-state index contributed by atoms with van der Waals surface area (Å²) < 4.78 is 5.54. The van der Waals surface area contributed by atoms with Gasteiger partial charge in [0.15, 0.2) is 0 Å². The molecule has 1 aliphatic heterocycles. The van der Waals surface area contributed by atoms with E-state index in [-0.39, 0.29) is 6.09 Å². The number of ether oxygens (including phenoxy) is 1. The molecule has 0 aromatic carbocycles. The van der Waals surface area contributed by atoms with Crippen molar-refractivity contribution in [2.75, 3.05) is 26.2 Å². The third-order valence-corrected chi connectivity index (χ3v) is 5.11. The van der Waals surface area contributed by atoms with Gasteiger partial charge in [0.25, 0.3) is 0 Å². The van der Waals surface area contributed by atoms with E-state index in [1.807, 2.05) is 25.7 Å². The lowest BCUT2D eigenvalue weighted by molar-refractivity contribution is -0.0215. The zero-order valence-electron chi connectivity index (χ0n) is 16.0. The van der Waals surface area contributed by atoms with E-state index in [0.29, 0.717) is 12.6 Å². The first-order valence-corrected chi connectivity index (χ1v) is 9.67. The predicted octanol–water partition coefficient (Wildman–Crippen LogP) is 3.40. The first kappa shape index (κ1) is 19.5. The van der Waals surface area contributed by atoms with Crippen molar-refractivity contribution in [3.05, 3.63) is 0 Å². The van der Waals surface area contributed by atoms with Gasteiger partial charge in [-0.3, -0.25) is 4.90 Å². The van der Waals surface area contributed by atoms with Gasteiger partial charge in [0.1, 0.15) is 5.60 Å². The second-order valence-corrected chi connectivity index (χ2v) is 8.62. The van der Waals surface area contributed by atoms with Crippen LogP contribution in [0.4, 0.5) is 4.79 Å². The fraction of sp³-hybridized carbons (Fsp3) is 0.947. The maximum atomic E-state index is 12.4. The molecule has 1 saturated heterocycles. The van der Waals surface area contributed by atoms with Gasteiger partial charge in [-0.25, -0.2) is 4.79 Å². The number of hydrogen-bond acceptors (Lipinski definition) is 4. The second-order valence-electron chi connectivity index (χ2n) is 8.62. The number of rotatable bonds is 5. The number of nitrogens with zero attached hydrogens (tertiary/aromatic N) is 2. The quantitative estimate of drug-likeness (QED) is 0.833. The molecule has 1 aliphatic carbocycles. The Labute approximate surface area is 147 Å². The zero-order valence-corrected chi connectivity index (χ0v) is 16.0. The minimum Gasteiger partial charge on any atom is -0.444 e. The highest BCUT2D eigenvalue weighted by Crippen LogP contribution is 2.31. The van der Waals surface area contributed by atoms with Crippen LogP contribution in [0.15, 0.2) is 0 Å². The van der Waals surface area contributed by atoms with Crippen molar-refractivity contribution in [3.63, 3.8) is 0 Å². The molecule has 1 saturated carbocycles. The van der Waals surface area contributed by atoms with E-state index in [1.54, 1.807) is 0 Å². The van der Waals surface area contributed by atoms with E-state index >= 15 is 0 Å². The molecule has 0 bridgehead atoms. The number of hydrogen-bond donors (Lipinski definition) is 1. The number of likely N-dealkylation sites (tertiary alicyclic amines) is 1. The van der Waals surface area contributed by atoms with Gasteiger partial charge in [0.05, 0.1) is 5.60 Å². The molecule has 5 heteroatoms. The van der Waals surface area contributed by atoms with Crippen LogP contribution >= 0.6 is 0 Å². The molecule has 0 aromatic rings. The fourth-order valence-electron chi connectivity index (χ4n) is 3.99. The average Bonchev–Trinajstić information content (AvgIpc) is 2.92. The predicted molar refractivity (Wildman–Crippen MR) is 96.1 cm³/mol. The van der Waals surface area contributed by atoms with Crippen LogP contribution in [0, 0.1) is 0 Å². The highest BCUT2D eigenvalue weighted by Gasteiger charge is 2.37. The largest absolute Gasteiger partial charge is 0.444 e. The topological polar surface area (TPSA) is 53.0 Å². The van der Waals surface area contributed by atoms with Gasteiger partial charge < -0.3 is 14.7 Å². The molecule has 2 fully saturated rings. The van der Waals surface area contributed by atoms with E-state index < -0.39 is 11.2 Å². The Balaban J connectivity index is 1.97. The Morgan fingerprint density at radius 2 is 1.96 bits per heavy atom. The van der Waals surface area contributed by atoms with Crippen LogP contribution in [0.1, 0.15) is 72.6 Å². The van der Waals surface area contributed by atoms with E-state index in [0.717, 1.165) is 64.6 Å². The van der Waals surface area contributed by atoms with E-state index in [1.165, 1.54) is 0 Å². The molecule has 5 nitrogen and oxygen atoms in total. The Morgan fingerprint density at radius 1 is 1.29 bits per heavy atom. The normalized spacial score (nSPS) is 24.4. The number of amides is 1. The van der Waals surface area contributed by atoms with Gasteiger partial charge in [-0.15, -0.1) is 0 Å². The second kappa shape index (κ2) is 8.05. The Bertz CT molecular complexity index is 413. The van der Waals surface area contributed by atoms with Crippen LogP contribution in [0.5, 0.6) is 0 Å². The number of carbonyl (C=O) groups excluding carboxylic acids is 1. The van der Waals surface area contributed by atoms with Crippen LogP contribution in [-0.2, 0) is 4.74 Å². The molecule has 1 heterocycles. The van der Waals surface area contributed by atoms with Crippen molar-refractivity contribution in [2.24, 2.45) is 0 Å². The molecule has 0 spiro atoms. The number of carbonyl (C=O) groups is 1. The van der Waals surface area contributed by atoms with Crippen LogP contribution in [0.25, 0.3) is 0 Å². The van der Waals surface area contributed by atoms with Gasteiger partial charge in [0.2, 0.25) is 0 Å². The third-order valence-electron chi connectivity index (χ3n) is 5.11. The third kappa shape index (κ3) is 5.62. The summed E-state index contributed by atoms with van der Waals surface area (Å²) in [4.78, 5) is 16.6. The standard InChI is InChI=1S/C19H36N2O3/c1-5-12-21(15-19(23)10-6-7-11-19)16-9-8-13-20(14-16)17(22)24-18(2,3)4/h16,23H,5-15H2,1-4H3. The molecule has 0 radical (unpaired) electrons. The highest BCUT2D eigenvalue weighted by molar-refractivity contribution is 5.68. The summed E-state index contributed by atoms with van der Waals surface area (Å²) in [7, 11) is 0. The van der Waals surface area contributed by atoms with Crippen molar-refractivity contribution in [3.8, 4) is 0 Å². The lowest BCUT2D eigenvalue weighted by Crippen LogP contribution is -2.54. The van der Waals surface area contributed by atoms with Crippen LogP contribution in [-0.4, -0.2) is 64.4 Å². The molecule has 1 unspecified atom stereocenters. The first-order valence-electron chi connectivity index (χ1n) is 9.67. The minimum absolute atomic E-state index is 0.205. The molecular weight excluding hydrogens is 304 g/mol. The lowest BCUT2D eigenvalue weighted by Gasteiger charge is -2.42. The molecular formula is C19H36N2O3. The summed E-state index contributed by atoms with van der Waals surface area (Å²) in [5.74, 6) is 0. The van der Waals surface area contributed by atoms with Crippen molar-refractivity contribution in [1.82, 2.24) is 9.80 Å². The van der Waals surface area contributed by atoms with Gasteiger partial charge >= 0.3 is 6.09 Å². The molecule has 1 atom stereocenters. The van der Waals surface area contributed by atoms with Crippen molar-refractivity contribution >= 4 is 6.09 Å². The van der Waals surface area contributed by atoms with Gasteiger partial charge in [-0.1, -0.05) is 19.8 Å². The first-order chi connectivity index (χ1) is 11.2. The summed E-state index contributed by atoms with van der Waals surface area (Å²) in [6.45, 7) is 11.1. The molecule has 140 valence electrons. The van der Waals surface area contributed by atoms with Crippen LogP contribution < -0.4 is 0 Å². The monoisotopic (exact) mass is 340 g/mol. The van der Waals surface area contributed by atoms with E-state index in [9.17, 15) is 9.90 Å². The Hall–Kier alpha value is -0.810. The van der Waals surface area contributed by atoms with Crippen LogP contribution in [0.3, 0.4) is 0 Å². The lowest BCUT2D eigenvalue weighted by atomic mass is 9.97. The van der Waals surface area contributed by atoms with Crippen LogP contribution in [0.2, 0.25) is 0 Å². The molecule has 2 rings (SSSR count). The maximum absolute atomic E-state index is 12.4. The Kier molecular flexibility index (Phi) is 6.54. The SMILES string of the molecule is CCCN(CC1(O)CCCC1)C1CCCN(C(=O)OC(C)(C)C)C1. The van der Waals surface area contributed by atoms with Gasteiger partial charge in [0, 0.05) is 25.7 Å². The summed E-state index contributed by atoms with van der Waals surface area (Å²) in [6.07, 6.45) is 7.04. The summed E-state index contributed by atoms with van der Waals surface area (Å²) in [6, 6.07) is 0.329. The summed E-state index contributed by atoms with van der Waals surface area (Å²) in [5.41, 5.74) is -0.977. The van der Waals surface area contributed by atoms with Gasteiger partial charge in [-0.05, 0) is 59.4 Å². The molecule has 24 heavy (non-hydrogen) atoms.